The van der Waals surface area contributed by atoms with Gasteiger partial charge in [-0.25, -0.2) is 9.78 Å². The molecule has 3 atom stereocenters. The zero-order chi connectivity index (χ0) is 30.4. The van der Waals surface area contributed by atoms with Crippen molar-refractivity contribution in [2.75, 3.05) is 12.0 Å². The number of para-hydroxylation sites is 1. The van der Waals surface area contributed by atoms with Crippen molar-refractivity contribution < 1.29 is 36.7 Å². The van der Waals surface area contributed by atoms with Crippen LogP contribution in [0.5, 0.6) is 5.75 Å². The molecule has 0 unspecified atom stereocenters. The van der Waals surface area contributed by atoms with Gasteiger partial charge in [-0.05, 0) is 62.8 Å². The van der Waals surface area contributed by atoms with Gasteiger partial charge in [-0.1, -0.05) is 29.4 Å². The number of piperidine rings is 1. The number of ether oxygens (including phenoxy) is 3. The van der Waals surface area contributed by atoms with Gasteiger partial charge in [0.05, 0.1) is 31.1 Å². The minimum absolute atomic E-state index is 0.00878. The van der Waals surface area contributed by atoms with Crippen molar-refractivity contribution in [2.45, 2.75) is 75.6 Å². The van der Waals surface area contributed by atoms with Gasteiger partial charge in [0.15, 0.2) is 5.13 Å². The fourth-order valence-corrected chi connectivity index (χ4v) is 7.38. The van der Waals surface area contributed by atoms with Gasteiger partial charge < -0.3 is 23.6 Å². The molecule has 0 amide bonds. The predicted octanol–water partition coefficient (Wildman–Crippen LogP) is 7.74. The minimum atomic E-state index is -4.82. The van der Waals surface area contributed by atoms with Crippen molar-refractivity contribution in [2.24, 2.45) is 0 Å². The highest BCUT2D eigenvalue weighted by Gasteiger charge is 2.43. The first kappa shape index (κ1) is 28.8. The van der Waals surface area contributed by atoms with E-state index < -0.39 is 6.36 Å². The number of hydrogen-bond donors (Lipinski definition) is 0. The number of halogens is 3. The van der Waals surface area contributed by atoms with Crippen molar-refractivity contribution in [3.05, 3.63) is 70.8 Å². The quantitative estimate of drug-likeness (QED) is 0.175. The van der Waals surface area contributed by atoms with Gasteiger partial charge in [0, 0.05) is 40.1 Å². The molecule has 4 aromatic rings. The minimum Gasteiger partial charge on any atom is -0.465 e. The molecule has 3 fully saturated rings. The lowest BCUT2D eigenvalue weighted by Gasteiger charge is -2.38. The number of anilines is 1. The number of carbonyl (C=O) groups is 1. The van der Waals surface area contributed by atoms with E-state index in [9.17, 15) is 18.0 Å². The Balaban J connectivity index is 1.05. The summed E-state index contributed by atoms with van der Waals surface area (Å²) in [5.41, 5.74) is 3.55. The number of rotatable bonds is 9. The van der Waals surface area contributed by atoms with Crippen LogP contribution in [0.25, 0.3) is 22.5 Å². The molecule has 0 spiro atoms. The lowest BCUT2D eigenvalue weighted by Crippen LogP contribution is -2.45. The van der Waals surface area contributed by atoms with Crippen molar-refractivity contribution in [3.8, 4) is 28.3 Å². The van der Waals surface area contributed by atoms with Gasteiger partial charge in [0.1, 0.15) is 17.2 Å². The maximum atomic E-state index is 13.1. The number of thiazole rings is 1. The fourth-order valence-electron chi connectivity index (χ4n) is 6.40. The van der Waals surface area contributed by atoms with Crippen LogP contribution in [0.4, 0.5) is 18.3 Å². The summed E-state index contributed by atoms with van der Waals surface area (Å²) < 4.78 is 60.7. The monoisotopic (exact) mass is 625 g/mol. The van der Waals surface area contributed by atoms with Crippen molar-refractivity contribution in [3.63, 3.8) is 0 Å². The number of carbonyl (C=O) groups excluding carboxylic acids is 1. The molecule has 12 heteroatoms. The second-order valence-corrected chi connectivity index (χ2v) is 12.3. The summed E-state index contributed by atoms with van der Waals surface area (Å²) in [5.74, 6) is 0.212. The van der Waals surface area contributed by atoms with Crippen molar-refractivity contribution in [1.82, 2.24) is 10.1 Å². The van der Waals surface area contributed by atoms with Crippen LogP contribution in [0.2, 0.25) is 0 Å². The summed E-state index contributed by atoms with van der Waals surface area (Å²) >= 11 is 1.61. The maximum absolute atomic E-state index is 13.1. The van der Waals surface area contributed by atoms with E-state index >= 15 is 0 Å². The van der Waals surface area contributed by atoms with Crippen LogP contribution in [0.1, 0.15) is 66.1 Å². The van der Waals surface area contributed by atoms with E-state index in [2.05, 4.69) is 14.8 Å². The Bertz CT molecular complexity index is 1640. The van der Waals surface area contributed by atoms with E-state index in [1.165, 1.54) is 19.2 Å². The van der Waals surface area contributed by atoms with Gasteiger partial charge in [-0.15, -0.1) is 24.5 Å². The second kappa shape index (κ2) is 11.6. The molecule has 230 valence electrons. The third-order valence-corrected chi connectivity index (χ3v) is 9.46. The molecule has 1 saturated carbocycles. The maximum Gasteiger partial charge on any atom is 0.573 e. The predicted molar refractivity (Wildman–Crippen MR) is 157 cm³/mol. The summed E-state index contributed by atoms with van der Waals surface area (Å²) in [6.45, 7) is 0.206. The summed E-state index contributed by atoms with van der Waals surface area (Å²) in [7, 11) is 1.36. The number of fused-ring (bicyclic) bond motifs is 2. The molecule has 0 radical (unpaired) electrons. The smallest absolute Gasteiger partial charge is 0.465 e. The first-order chi connectivity index (χ1) is 21.3. The van der Waals surface area contributed by atoms with Crippen LogP contribution >= 0.6 is 11.3 Å². The van der Waals surface area contributed by atoms with Crippen LogP contribution in [-0.2, 0) is 16.1 Å². The Morgan fingerprint density at radius 2 is 1.77 bits per heavy atom. The van der Waals surface area contributed by atoms with Crippen LogP contribution < -0.4 is 9.64 Å². The number of hydrogen-bond acceptors (Lipinski definition) is 9. The van der Waals surface area contributed by atoms with E-state index in [0.717, 1.165) is 54.9 Å². The molecular weight excluding hydrogens is 595 g/mol. The van der Waals surface area contributed by atoms with Crippen LogP contribution in [0, 0.1) is 0 Å². The fraction of sp³-hybridized carbons (Fsp3) is 0.406. The molecule has 8 nitrogen and oxygen atoms in total. The highest BCUT2D eigenvalue weighted by atomic mass is 32.1. The van der Waals surface area contributed by atoms with E-state index in [1.807, 2.05) is 17.5 Å². The topological polar surface area (TPSA) is 86.9 Å². The lowest BCUT2D eigenvalue weighted by molar-refractivity contribution is -0.274. The Morgan fingerprint density at radius 1 is 1.05 bits per heavy atom. The van der Waals surface area contributed by atoms with Crippen LogP contribution in [0.15, 0.2) is 58.4 Å². The van der Waals surface area contributed by atoms with E-state index in [1.54, 1.807) is 35.6 Å². The standard InChI is InChI=1S/C32H30F3N3O5S/c1-40-30(39)20-10-6-18(7-11-20)26-17-44-31(36-26)38-21-12-13-22(38)15-23(14-21)41-16-25-28(37-43-29(25)19-8-9-19)24-4-2-3-5-27(24)42-32(33,34)35/h2-7,10-11,17,19,21-23H,8-9,12-16H2,1H3/t21-,22+,23+. The Hall–Kier alpha value is -3.90. The number of alkyl halides is 3. The molecule has 2 aromatic heterocycles. The van der Waals surface area contributed by atoms with Gasteiger partial charge in [-0.2, -0.15) is 0 Å². The van der Waals surface area contributed by atoms with Crippen molar-refractivity contribution >= 4 is 22.4 Å². The third-order valence-electron chi connectivity index (χ3n) is 8.60. The molecule has 0 N–H and O–H groups in total. The van der Waals surface area contributed by atoms with E-state index in [-0.39, 0.29) is 48.0 Å². The van der Waals surface area contributed by atoms with Gasteiger partial charge in [0.2, 0.25) is 0 Å². The summed E-state index contributed by atoms with van der Waals surface area (Å²) in [6, 6.07) is 13.8. The molecule has 7 rings (SSSR count). The molecular formula is C32H30F3N3O5S. The lowest BCUT2D eigenvalue weighted by atomic mass is 10.00. The highest BCUT2D eigenvalue weighted by Crippen LogP contribution is 2.47. The van der Waals surface area contributed by atoms with Gasteiger partial charge >= 0.3 is 12.3 Å². The molecule has 44 heavy (non-hydrogen) atoms. The zero-order valence-electron chi connectivity index (χ0n) is 23.9. The van der Waals surface area contributed by atoms with E-state index in [4.69, 9.17) is 19.0 Å². The van der Waals surface area contributed by atoms with Crippen molar-refractivity contribution in [1.29, 1.82) is 0 Å². The third kappa shape index (κ3) is 5.80. The molecule has 2 bridgehead atoms. The molecule has 4 heterocycles. The molecule has 2 aromatic carbocycles. The molecule has 3 aliphatic rings. The largest absolute Gasteiger partial charge is 0.573 e. The first-order valence-corrected chi connectivity index (χ1v) is 15.5. The van der Waals surface area contributed by atoms with Crippen LogP contribution in [0.3, 0.4) is 0 Å². The van der Waals surface area contributed by atoms with Crippen LogP contribution in [-0.4, -0.2) is 47.8 Å². The Kier molecular flexibility index (Phi) is 7.57. The average molecular weight is 626 g/mol. The Morgan fingerprint density at radius 3 is 2.45 bits per heavy atom. The first-order valence-electron chi connectivity index (χ1n) is 14.6. The second-order valence-electron chi connectivity index (χ2n) is 11.5. The molecule has 1 aliphatic carbocycles. The number of benzene rings is 2. The SMILES string of the molecule is COC(=O)c1ccc(-c2csc(N3[C@@H]4CC[C@H]3C[C@@H](OCc3c(-c5ccccc5OC(F)(F)F)noc3C3CC3)C4)n2)cc1. The van der Waals surface area contributed by atoms with Gasteiger partial charge in [0.25, 0.3) is 0 Å². The van der Waals surface area contributed by atoms with E-state index in [0.29, 0.717) is 22.6 Å². The normalized spacial score (nSPS) is 21.5. The summed E-state index contributed by atoms with van der Waals surface area (Å²) in [6.07, 6.45) is 0.815. The molecule has 2 saturated heterocycles. The summed E-state index contributed by atoms with van der Waals surface area (Å²) in [5, 5.41) is 7.21. The molecule has 2 aliphatic heterocycles. The average Bonchev–Trinajstić information content (AvgIpc) is 3.48. The van der Waals surface area contributed by atoms with Gasteiger partial charge in [-0.3, -0.25) is 0 Å². The Labute approximate surface area is 255 Å². The highest BCUT2D eigenvalue weighted by molar-refractivity contribution is 7.14. The number of aromatic nitrogens is 2. The summed E-state index contributed by atoms with van der Waals surface area (Å²) in [4.78, 5) is 19.1. The number of esters is 1. The number of methoxy groups -OCH3 is 1. The number of nitrogens with zero attached hydrogens (tertiary/aromatic N) is 3. The zero-order valence-corrected chi connectivity index (χ0v) is 24.7.